The van der Waals surface area contributed by atoms with Crippen molar-refractivity contribution in [2.45, 2.75) is 32.9 Å². The van der Waals surface area contributed by atoms with Crippen LogP contribution in [0.2, 0.25) is 0 Å². The Balaban J connectivity index is 2.12. The minimum atomic E-state index is 0.309. The number of nitrogens with one attached hydrogen (secondary N) is 1. The van der Waals surface area contributed by atoms with Crippen LogP contribution in [0.25, 0.3) is 0 Å². The minimum absolute atomic E-state index is 0.309. The summed E-state index contributed by atoms with van der Waals surface area (Å²) in [6, 6.07) is 6.43. The summed E-state index contributed by atoms with van der Waals surface area (Å²) in [5.74, 6) is 1.55. The van der Waals surface area contributed by atoms with Crippen molar-refractivity contribution in [1.29, 1.82) is 0 Å². The molecule has 4 heteroatoms. The van der Waals surface area contributed by atoms with Gasteiger partial charge in [-0.25, -0.2) is 0 Å². The van der Waals surface area contributed by atoms with Gasteiger partial charge in [0.1, 0.15) is 0 Å². The number of benzene rings is 1. The van der Waals surface area contributed by atoms with Crippen molar-refractivity contribution in [1.82, 2.24) is 5.32 Å². The van der Waals surface area contributed by atoms with Gasteiger partial charge in [0.15, 0.2) is 11.5 Å². The van der Waals surface area contributed by atoms with E-state index in [1.54, 1.807) is 25.6 Å². The van der Waals surface area contributed by atoms with Gasteiger partial charge in [0, 0.05) is 12.6 Å². The third kappa shape index (κ3) is 3.77. The number of thiophene rings is 1. The summed E-state index contributed by atoms with van der Waals surface area (Å²) >= 11 is 1.76. The van der Waals surface area contributed by atoms with E-state index >= 15 is 0 Å². The van der Waals surface area contributed by atoms with Gasteiger partial charge in [-0.2, -0.15) is 11.3 Å². The molecule has 0 saturated carbocycles. The number of methoxy groups -OCH3 is 2. The highest BCUT2D eigenvalue weighted by Crippen LogP contribution is 2.31. The molecule has 1 N–H and O–H groups in total. The summed E-state index contributed by atoms with van der Waals surface area (Å²) in [6.07, 6.45) is 1.03. The van der Waals surface area contributed by atoms with Gasteiger partial charge in [-0.05, 0) is 52.9 Å². The molecule has 21 heavy (non-hydrogen) atoms. The van der Waals surface area contributed by atoms with Crippen molar-refractivity contribution in [2.75, 3.05) is 14.2 Å². The lowest BCUT2D eigenvalue weighted by atomic mass is 10.0. The highest BCUT2D eigenvalue weighted by molar-refractivity contribution is 7.08. The van der Waals surface area contributed by atoms with Crippen LogP contribution >= 0.6 is 11.3 Å². The van der Waals surface area contributed by atoms with Crippen LogP contribution in [0.4, 0.5) is 0 Å². The second kappa shape index (κ2) is 7.48. The molecule has 0 aliphatic carbocycles. The van der Waals surface area contributed by atoms with Crippen LogP contribution in [0.3, 0.4) is 0 Å². The number of aryl methyl sites for hydroxylation is 1. The molecule has 0 aliphatic heterocycles. The van der Waals surface area contributed by atoms with Crippen LogP contribution in [0, 0.1) is 6.92 Å². The second-order valence-corrected chi connectivity index (χ2v) is 5.78. The third-order valence-corrected chi connectivity index (χ3v) is 4.63. The fourth-order valence-electron chi connectivity index (χ4n) is 2.37. The van der Waals surface area contributed by atoms with Gasteiger partial charge in [0.05, 0.1) is 14.2 Å². The smallest absolute Gasteiger partial charge is 0.161 e. The highest BCUT2D eigenvalue weighted by atomic mass is 32.1. The minimum Gasteiger partial charge on any atom is -0.493 e. The van der Waals surface area contributed by atoms with Crippen LogP contribution in [0.1, 0.15) is 36.1 Å². The fourth-order valence-corrected chi connectivity index (χ4v) is 3.23. The number of hydrogen-bond acceptors (Lipinski definition) is 4. The first-order valence-electron chi connectivity index (χ1n) is 7.16. The van der Waals surface area contributed by atoms with Crippen molar-refractivity contribution in [2.24, 2.45) is 0 Å². The Bertz CT molecular complexity index is 580. The summed E-state index contributed by atoms with van der Waals surface area (Å²) in [5, 5.41) is 8.03. The SMILES string of the molecule is CCC(NCc1cscc1C)c1ccc(OC)c(OC)c1. The molecule has 2 rings (SSSR count). The topological polar surface area (TPSA) is 30.5 Å². The number of hydrogen-bond donors (Lipinski definition) is 1. The van der Waals surface area contributed by atoms with Gasteiger partial charge in [-0.3, -0.25) is 0 Å². The molecule has 0 saturated heterocycles. The average molecular weight is 305 g/mol. The van der Waals surface area contributed by atoms with E-state index in [0.29, 0.717) is 6.04 Å². The standard InChI is InChI=1S/C17H23NO2S/c1-5-15(18-9-14-11-21-10-12(14)2)13-6-7-16(19-3)17(8-13)20-4/h6-8,10-11,15,18H,5,9H2,1-4H3. The van der Waals surface area contributed by atoms with Gasteiger partial charge in [-0.1, -0.05) is 13.0 Å². The first kappa shape index (κ1) is 15.9. The van der Waals surface area contributed by atoms with E-state index in [4.69, 9.17) is 9.47 Å². The van der Waals surface area contributed by atoms with Gasteiger partial charge in [0.25, 0.3) is 0 Å². The average Bonchev–Trinajstić information content (AvgIpc) is 2.93. The van der Waals surface area contributed by atoms with Crippen molar-refractivity contribution >= 4 is 11.3 Å². The molecule has 1 aromatic carbocycles. The second-order valence-electron chi connectivity index (χ2n) is 5.04. The van der Waals surface area contributed by atoms with E-state index in [1.165, 1.54) is 16.7 Å². The molecule has 0 fully saturated rings. The lowest BCUT2D eigenvalue weighted by molar-refractivity contribution is 0.353. The Hall–Kier alpha value is -1.52. The number of rotatable bonds is 7. The molecular weight excluding hydrogens is 282 g/mol. The first-order valence-corrected chi connectivity index (χ1v) is 8.10. The van der Waals surface area contributed by atoms with E-state index in [-0.39, 0.29) is 0 Å². The third-order valence-electron chi connectivity index (χ3n) is 3.72. The van der Waals surface area contributed by atoms with Gasteiger partial charge in [0.2, 0.25) is 0 Å². The Morgan fingerprint density at radius 1 is 1.14 bits per heavy atom. The molecular formula is C17H23NO2S. The molecule has 1 aromatic heterocycles. The molecule has 1 unspecified atom stereocenters. The summed E-state index contributed by atoms with van der Waals surface area (Å²) in [4.78, 5) is 0. The number of ether oxygens (including phenoxy) is 2. The highest BCUT2D eigenvalue weighted by Gasteiger charge is 2.13. The van der Waals surface area contributed by atoms with E-state index in [2.05, 4.69) is 42.1 Å². The Labute approximate surface area is 130 Å². The van der Waals surface area contributed by atoms with Gasteiger partial charge < -0.3 is 14.8 Å². The zero-order chi connectivity index (χ0) is 15.2. The van der Waals surface area contributed by atoms with Crippen molar-refractivity contribution in [3.63, 3.8) is 0 Å². The molecule has 1 heterocycles. The molecule has 2 aromatic rings. The van der Waals surface area contributed by atoms with Crippen LogP contribution in [-0.2, 0) is 6.54 Å². The molecule has 3 nitrogen and oxygen atoms in total. The van der Waals surface area contributed by atoms with Crippen molar-refractivity contribution in [3.05, 3.63) is 45.6 Å². The molecule has 0 radical (unpaired) electrons. The van der Waals surface area contributed by atoms with E-state index in [0.717, 1.165) is 24.5 Å². The predicted molar refractivity (Wildman–Crippen MR) is 88.5 cm³/mol. The molecule has 0 aliphatic rings. The summed E-state index contributed by atoms with van der Waals surface area (Å²) in [6.45, 7) is 5.24. The Kier molecular flexibility index (Phi) is 5.65. The fraction of sp³-hybridized carbons (Fsp3) is 0.412. The quantitative estimate of drug-likeness (QED) is 0.826. The lowest BCUT2D eigenvalue weighted by Crippen LogP contribution is -2.20. The van der Waals surface area contributed by atoms with E-state index in [1.807, 2.05) is 6.07 Å². The predicted octanol–water partition coefficient (Wildman–Crippen LogP) is 4.31. The van der Waals surface area contributed by atoms with Crippen LogP contribution in [0.15, 0.2) is 29.0 Å². The van der Waals surface area contributed by atoms with Crippen LogP contribution in [0.5, 0.6) is 11.5 Å². The maximum atomic E-state index is 5.39. The summed E-state index contributed by atoms with van der Waals surface area (Å²) < 4.78 is 10.7. The molecule has 0 amide bonds. The normalized spacial score (nSPS) is 12.2. The van der Waals surface area contributed by atoms with E-state index in [9.17, 15) is 0 Å². The Morgan fingerprint density at radius 2 is 1.90 bits per heavy atom. The maximum Gasteiger partial charge on any atom is 0.161 e. The molecule has 114 valence electrons. The maximum absolute atomic E-state index is 5.39. The molecule has 0 spiro atoms. The Morgan fingerprint density at radius 3 is 2.48 bits per heavy atom. The largest absolute Gasteiger partial charge is 0.493 e. The zero-order valence-electron chi connectivity index (χ0n) is 13.1. The summed E-state index contributed by atoms with van der Waals surface area (Å²) in [5.41, 5.74) is 3.96. The molecule has 1 atom stereocenters. The van der Waals surface area contributed by atoms with Gasteiger partial charge in [-0.15, -0.1) is 0 Å². The monoisotopic (exact) mass is 305 g/mol. The van der Waals surface area contributed by atoms with Crippen molar-refractivity contribution < 1.29 is 9.47 Å². The van der Waals surface area contributed by atoms with Crippen LogP contribution in [-0.4, -0.2) is 14.2 Å². The summed E-state index contributed by atoms with van der Waals surface area (Å²) in [7, 11) is 3.33. The van der Waals surface area contributed by atoms with Gasteiger partial charge >= 0.3 is 0 Å². The van der Waals surface area contributed by atoms with Crippen molar-refractivity contribution in [3.8, 4) is 11.5 Å². The lowest BCUT2D eigenvalue weighted by Gasteiger charge is -2.19. The van der Waals surface area contributed by atoms with Crippen LogP contribution < -0.4 is 14.8 Å². The first-order chi connectivity index (χ1) is 10.2. The van der Waals surface area contributed by atoms with E-state index < -0.39 is 0 Å². The molecule has 0 bridgehead atoms. The zero-order valence-corrected chi connectivity index (χ0v) is 13.9.